The van der Waals surface area contributed by atoms with E-state index >= 15 is 0 Å². The molecule has 2 N–H and O–H groups in total. The van der Waals surface area contributed by atoms with Crippen LogP contribution in [0.2, 0.25) is 0 Å². The Hall–Kier alpha value is -1.93. The number of hydrogen-bond acceptors (Lipinski definition) is 4. The lowest BCUT2D eigenvalue weighted by atomic mass is 10.1. The number of primary sulfonamides is 1. The van der Waals surface area contributed by atoms with Crippen LogP contribution in [0.3, 0.4) is 0 Å². The summed E-state index contributed by atoms with van der Waals surface area (Å²) in [5, 5.41) is 5.03. The maximum absolute atomic E-state index is 12.0. The van der Waals surface area contributed by atoms with Crippen LogP contribution in [0, 0.1) is 5.92 Å². The number of benzene rings is 1. The minimum atomic E-state index is -3.59. The van der Waals surface area contributed by atoms with Gasteiger partial charge in [0, 0.05) is 44.2 Å². The highest BCUT2D eigenvalue weighted by molar-refractivity contribution is 7.89. The molecule has 1 fully saturated rings. The van der Waals surface area contributed by atoms with Crippen molar-refractivity contribution >= 4 is 33.2 Å². The van der Waals surface area contributed by atoms with E-state index in [4.69, 9.17) is 5.14 Å². The quantitative estimate of drug-likeness (QED) is 0.861. The number of rotatable bonds is 4. The molecule has 7 nitrogen and oxygen atoms in total. The first-order valence-corrected chi connectivity index (χ1v) is 8.54. The number of carbonyl (C=O) groups is 2. The number of nitrogens with two attached hydrogens (primary N) is 1. The van der Waals surface area contributed by atoms with Crippen LogP contribution in [0.15, 0.2) is 24.3 Å². The van der Waals surface area contributed by atoms with Crippen molar-refractivity contribution in [1.29, 1.82) is 0 Å². The van der Waals surface area contributed by atoms with Crippen LogP contribution >= 0.6 is 0 Å². The minimum absolute atomic E-state index is 0.0850. The second-order valence-electron chi connectivity index (χ2n) is 5.50. The molecule has 2 amide bonds. The largest absolute Gasteiger partial charge is 0.316 e. The van der Waals surface area contributed by atoms with Crippen LogP contribution in [0.1, 0.15) is 13.3 Å². The van der Waals surface area contributed by atoms with Crippen LogP contribution in [0.5, 0.6) is 0 Å². The Kier molecular flexibility index (Phi) is 4.52. The van der Waals surface area contributed by atoms with E-state index in [9.17, 15) is 18.0 Å². The number of carbonyl (C=O) groups excluding carboxylic acids is 2. The maximum atomic E-state index is 12.0. The van der Waals surface area contributed by atoms with Crippen molar-refractivity contribution in [2.75, 3.05) is 29.1 Å². The lowest BCUT2D eigenvalue weighted by Crippen LogP contribution is -2.27. The molecular weight excluding hydrogens is 306 g/mol. The fourth-order valence-electron chi connectivity index (χ4n) is 2.51. The highest BCUT2D eigenvalue weighted by atomic mass is 32.2. The molecule has 22 heavy (non-hydrogen) atoms. The lowest BCUT2D eigenvalue weighted by Gasteiger charge is -2.19. The van der Waals surface area contributed by atoms with E-state index in [1.54, 1.807) is 36.2 Å². The third-order valence-electron chi connectivity index (χ3n) is 3.69. The van der Waals surface area contributed by atoms with Gasteiger partial charge in [-0.3, -0.25) is 9.59 Å². The van der Waals surface area contributed by atoms with Crippen LogP contribution in [0.4, 0.5) is 11.4 Å². The summed E-state index contributed by atoms with van der Waals surface area (Å²) >= 11 is 0. The number of hydrogen-bond donors (Lipinski definition) is 1. The highest BCUT2D eigenvalue weighted by Crippen LogP contribution is 2.27. The average molecular weight is 325 g/mol. The topological polar surface area (TPSA) is 101 Å². The summed E-state index contributed by atoms with van der Waals surface area (Å²) in [5.74, 6) is -0.693. The van der Waals surface area contributed by atoms with E-state index in [0.717, 1.165) is 5.69 Å². The number of amides is 2. The molecule has 1 heterocycles. The van der Waals surface area contributed by atoms with Gasteiger partial charge in [-0.1, -0.05) is 0 Å². The van der Waals surface area contributed by atoms with Crippen LogP contribution in [-0.4, -0.2) is 39.6 Å². The molecule has 1 atom stereocenters. The standard InChI is InChI=1S/C14H19N3O4S/c1-10(18)16(2)12-3-5-13(6-4-12)17-8-11(7-14(17)19)9-22(15,20)21/h3-6,11H,7-9H2,1-2H3,(H2,15,20,21). The molecule has 1 aliphatic rings. The van der Waals surface area contributed by atoms with E-state index in [0.29, 0.717) is 12.2 Å². The normalized spacial score (nSPS) is 18.6. The zero-order chi connectivity index (χ0) is 16.5. The molecule has 0 saturated carbocycles. The molecular formula is C14H19N3O4S. The van der Waals surface area contributed by atoms with Gasteiger partial charge in [0.05, 0.1) is 5.75 Å². The Labute approximate surface area is 129 Å². The van der Waals surface area contributed by atoms with Crippen molar-refractivity contribution in [3.05, 3.63) is 24.3 Å². The Morgan fingerprint density at radius 1 is 1.36 bits per heavy atom. The second kappa shape index (κ2) is 6.05. The molecule has 0 spiro atoms. The van der Waals surface area contributed by atoms with Gasteiger partial charge in [0.1, 0.15) is 0 Å². The maximum Gasteiger partial charge on any atom is 0.227 e. The predicted octanol–water partition coefficient (Wildman–Crippen LogP) is 0.311. The third kappa shape index (κ3) is 3.83. The van der Waals surface area contributed by atoms with Gasteiger partial charge in [0.25, 0.3) is 0 Å². The summed E-state index contributed by atoms with van der Waals surface area (Å²) in [6.07, 6.45) is 0.172. The first-order chi connectivity index (χ1) is 10.2. The summed E-state index contributed by atoms with van der Waals surface area (Å²) in [4.78, 5) is 26.4. The van der Waals surface area contributed by atoms with Gasteiger partial charge >= 0.3 is 0 Å². The second-order valence-corrected chi connectivity index (χ2v) is 7.16. The Morgan fingerprint density at radius 2 is 1.95 bits per heavy atom. The van der Waals surface area contributed by atoms with Gasteiger partial charge in [-0.05, 0) is 24.3 Å². The van der Waals surface area contributed by atoms with Gasteiger partial charge in [0.15, 0.2) is 0 Å². The van der Waals surface area contributed by atoms with Crippen molar-refractivity contribution in [3.63, 3.8) is 0 Å². The SMILES string of the molecule is CC(=O)N(C)c1ccc(N2CC(CS(N)(=O)=O)CC2=O)cc1. The van der Waals surface area contributed by atoms with E-state index < -0.39 is 10.0 Å². The molecule has 1 aromatic rings. The smallest absolute Gasteiger partial charge is 0.227 e. The van der Waals surface area contributed by atoms with E-state index in [1.165, 1.54) is 11.8 Å². The first kappa shape index (κ1) is 16.4. The van der Waals surface area contributed by atoms with Gasteiger partial charge < -0.3 is 9.80 Å². The zero-order valence-corrected chi connectivity index (χ0v) is 13.3. The van der Waals surface area contributed by atoms with Crippen molar-refractivity contribution in [1.82, 2.24) is 0 Å². The van der Waals surface area contributed by atoms with Crippen molar-refractivity contribution < 1.29 is 18.0 Å². The number of anilines is 2. The fourth-order valence-corrected chi connectivity index (χ4v) is 3.39. The Bertz CT molecular complexity index is 685. The molecule has 2 rings (SSSR count). The first-order valence-electron chi connectivity index (χ1n) is 6.82. The molecule has 8 heteroatoms. The Balaban J connectivity index is 2.12. The molecule has 0 aromatic heterocycles. The monoisotopic (exact) mass is 325 g/mol. The number of sulfonamides is 1. The fraction of sp³-hybridized carbons (Fsp3) is 0.429. The zero-order valence-electron chi connectivity index (χ0n) is 12.5. The van der Waals surface area contributed by atoms with Crippen LogP contribution < -0.4 is 14.9 Å². The van der Waals surface area contributed by atoms with Gasteiger partial charge in [-0.15, -0.1) is 0 Å². The lowest BCUT2D eigenvalue weighted by molar-refractivity contribution is -0.117. The molecule has 1 aliphatic heterocycles. The summed E-state index contributed by atoms with van der Waals surface area (Å²) in [7, 11) is -1.92. The minimum Gasteiger partial charge on any atom is -0.316 e. The van der Waals surface area contributed by atoms with E-state index in [2.05, 4.69) is 0 Å². The van der Waals surface area contributed by atoms with Gasteiger partial charge in [-0.2, -0.15) is 0 Å². The summed E-state index contributed by atoms with van der Waals surface area (Å²) in [6.45, 7) is 1.80. The van der Waals surface area contributed by atoms with Gasteiger partial charge in [0.2, 0.25) is 21.8 Å². The summed E-state index contributed by atoms with van der Waals surface area (Å²) < 4.78 is 22.3. The third-order valence-corrected chi connectivity index (χ3v) is 4.63. The predicted molar refractivity (Wildman–Crippen MR) is 84.0 cm³/mol. The molecule has 1 unspecified atom stereocenters. The highest BCUT2D eigenvalue weighted by Gasteiger charge is 2.32. The van der Waals surface area contributed by atoms with Crippen molar-refractivity contribution in [3.8, 4) is 0 Å². The van der Waals surface area contributed by atoms with Crippen LogP contribution in [0.25, 0.3) is 0 Å². The van der Waals surface area contributed by atoms with Crippen molar-refractivity contribution in [2.24, 2.45) is 11.1 Å². The molecule has 120 valence electrons. The molecule has 0 aliphatic carbocycles. The summed E-state index contributed by atoms with van der Waals surface area (Å²) in [6, 6.07) is 6.98. The molecule has 1 aromatic carbocycles. The number of nitrogens with zero attached hydrogens (tertiary/aromatic N) is 2. The van der Waals surface area contributed by atoms with Crippen LogP contribution in [-0.2, 0) is 19.6 Å². The van der Waals surface area contributed by atoms with E-state index in [1.807, 2.05) is 0 Å². The summed E-state index contributed by atoms with van der Waals surface area (Å²) in [5.41, 5.74) is 1.41. The Morgan fingerprint density at radius 3 is 2.45 bits per heavy atom. The molecule has 0 radical (unpaired) electrons. The molecule has 1 saturated heterocycles. The van der Waals surface area contributed by atoms with Crippen molar-refractivity contribution in [2.45, 2.75) is 13.3 Å². The van der Waals surface area contributed by atoms with E-state index in [-0.39, 0.29) is 29.9 Å². The average Bonchev–Trinajstić information content (AvgIpc) is 2.76. The molecule has 0 bridgehead atoms. The van der Waals surface area contributed by atoms with Gasteiger partial charge in [-0.25, -0.2) is 13.6 Å².